The summed E-state index contributed by atoms with van der Waals surface area (Å²) in [6.07, 6.45) is 0. The Morgan fingerprint density at radius 2 is 1.81 bits per heavy atom. The molecule has 2 aromatic carbocycles. The van der Waals surface area contributed by atoms with E-state index in [0.717, 1.165) is 16.7 Å². The van der Waals surface area contributed by atoms with Gasteiger partial charge in [-0.15, -0.1) is 0 Å². The maximum absolute atomic E-state index is 12.6. The summed E-state index contributed by atoms with van der Waals surface area (Å²) in [4.78, 5) is 24.9. The lowest BCUT2D eigenvalue weighted by Crippen LogP contribution is -2.39. The number of hydrogen-bond donors (Lipinski definition) is 2. The minimum atomic E-state index is -0.486. The van der Waals surface area contributed by atoms with Gasteiger partial charge in [0.25, 0.3) is 5.91 Å². The molecular formula is C23H18ClN3O3S. The molecular weight excluding hydrogens is 434 g/mol. The Morgan fingerprint density at radius 3 is 2.52 bits per heavy atom. The van der Waals surface area contributed by atoms with Gasteiger partial charge in [-0.1, -0.05) is 59.2 Å². The standard InChI is InChI=1S/C23H18ClN3O3S/c24-18-8-6-16(7-9-18)22(17-10-11-31-14-17)26-21(28)13-25-23(29)19-12-20(30-27-19)15-4-2-1-3-5-15/h1-12,14,22H,13H2,(H,25,29)(H,26,28). The van der Waals surface area contributed by atoms with Crippen molar-refractivity contribution in [1.82, 2.24) is 15.8 Å². The maximum atomic E-state index is 12.6. The van der Waals surface area contributed by atoms with Crippen molar-refractivity contribution >= 4 is 34.8 Å². The second kappa shape index (κ2) is 9.59. The van der Waals surface area contributed by atoms with Crippen LogP contribution in [-0.4, -0.2) is 23.5 Å². The number of nitrogens with one attached hydrogen (secondary N) is 2. The fourth-order valence-electron chi connectivity index (χ4n) is 3.04. The smallest absolute Gasteiger partial charge is 0.273 e. The van der Waals surface area contributed by atoms with Crippen LogP contribution >= 0.6 is 22.9 Å². The summed E-state index contributed by atoms with van der Waals surface area (Å²) in [5.41, 5.74) is 2.77. The number of carbonyl (C=O) groups excluding carboxylic acids is 2. The first-order valence-electron chi connectivity index (χ1n) is 9.47. The lowest BCUT2D eigenvalue weighted by atomic mass is 10.0. The molecule has 2 amide bonds. The molecule has 0 bridgehead atoms. The average Bonchev–Trinajstić information content (AvgIpc) is 3.50. The Kier molecular flexibility index (Phi) is 6.45. The number of benzene rings is 2. The van der Waals surface area contributed by atoms with Gasteiger partial charge in [0.1, 0.15) is 0 Å². The van der Waals surface area contributed by atoms with E-state index in [9.17, 15) is 9.59 Å². The summed E-state index contributed by atoms with van der Waals surface area (Å²) >= 11 is 7.53. The number of thiophene rings is 1. The van der Waals surface area contributed by atoms with Gasteiger partial charge < -0.3 is 15.2 Å². The Balaban J connectivity index is 1.39. The van der Waals surface area contributed by atoms with Crippen LogP contribution in [0, 0.1) is 0 Å². The molecule has 1 atom stereocenters. The molecule has 0 spiro atoms. The Labute approximate surface area is 187 Å². The van der Waals surface area contributed by atoms with Gasteiger partial charge in [-0.2, -0.15) is 11.3 Å². The molecule has 4 aromatic rings. The van der Waals surface area contributed by atoms with Crippen molar-refractivity contribution < 1.29 is 14.1 Å². The van der Waals surface area contributed by atoms with E-state index in [1.807, 2.05) is 59.3 Å². The van der Waals surface area contributed by atoms with Gasteiger partial charge in [0.15, 0.2) is 11.5 Å². The second-order valence-electron chi connectivity index (χ2n) is 6.73. The average molecular weight is 452 g/mol. The van der Waals surface area contributed by atoms with Crippen LogP contribution in [0.1, 0.15) is 27.7 Å². The summed E-state index contributed by atoms with van der Waals surface area (Å²) in [5, 5.41) is 13.9. The lowest BCUT2D eigenvalue weighted by molar-refractivity contribution is -0.120. The van der Waals surface area contributed by atoms with E-state index < -0.39 is 5.91 Å². The minimum Gasteiger partial charge on any atom is -0.355 e. The monoisotopic (exact) mass is 451 g/mol. The largest absolute Gasteiger partial charge is 0.355 e. The van der Waals surface area contributed by atoms with Gasteiger partial charge >= 0.3 is 0 Å². The molecule has 4 rings (SSSR count). The predicted octanol–water partition coefficient (Wildman–Crippen LogP) is 4.69. The summed E-state index contributed by atoms with van der Waals surface area (Å²) in [6, 6.07) is 19.8. The summed E-state index contributed by atoms with van der Waals surface area (Å²) in [7, 11) is 0. The molecule has 1 unspecified atom stereocenters. The van der Waals surface area contributed by atoms with Crippen LogP contribution in [0.15, 0.2) is 82.0 Å². The van der Waals surface area contributed by atoms with E-state index in [1.165, 1.54) is 0 Å². The molecule has 31 heavy (non-hydrogen) atoms. The molecule has 6 nitrogen and oxygen atoms in total. The van der Waals surface area contributed by atoms with Gasteiger partial charge in [-0.25, -0.2) is 0 Å². The van der Waals surface area contributed by atoms with Gasteiger partial charge in [0.05, 0.1) is 12.6 Å². The molecule has 2 N–H and O–H groups in total. The molecule has 8 heteroatoms. The fourth-order valence-corrected chi connectivity index (χ4v) is 3.85. The highest BCUT2D eigenvalue weighted by Gasteiger charge is 2.19. The van der Waals surface area contributed by atoms with Gasteiger partial charge in [0.2, 0.25) is 5.91 Å². The molecule has 0 saturated heterocycles. The number of rotatable bonds is 7. The molecule has 0 saturated carbocycles. The number of halogens is 1. The number of amides is 2. The van der Waals surface area contributed by atoms with Crippen LogP contribution in [0.5, 0.6) is 0 Å². The van der Waals surface area contributed by atoms with E-state index in [-0.39, 0.29) is 24.2 Å². The van der Waals surface area contributed by atoms with Crippen LogP contribution in [-0.2, 0) is 4.79 Å². The molecule has 0 radical (unpaired) electrons. The highest BCUT2D eigenvalue weighted by molar-refractivity contribution is 7.08. The third-order valence-corrected chi connectivity index (χ3v) is 5.55. The number of carbonyl (C=O) groups is 2. The predicted molar refractivity (Wildman–Crippen MR) is 120 cm³/mol. The Bertz CT molecular complexity index is 1160. The first-order chi connectivity index (χ1) is 15.1. The molecule has 0 aliphatic carbocycles. The zero-order valence-electron chi connectivity index (χ0n) is 16.2. The number of hydrogen-bond acceptors (Lipinski definition) is 5. The van der Waals surface area contributed by atoms with E-state index in [1.54, 1.807) is 29.5 Å². The first-order valence-corrected chi connectivity index (χ1v) is 10.8. The molecule has 156 valence electrons. The first kappa shape index (κ1) is 20.8. The zero-order valence-corrected chi connectivity index (χ0v) is 17.8. The summed E-state index contributed by atoms with van der Waals surface area (Å²) in [6.45, 7) is -0.194. The topological polar surface area (TPSA) is 84.2 Å². The van der Waals surface area contributed by atoms with Crippen molar-refractivity contribution in [3.8, 4) is 11.3 Å². The zero-order chi connectivity index (χ0) is 21.6. The third-order valence-electron chi connectivity index (χ3n) is 4.60. The van der Waals surface area contributed by atoms with Crippen molar-refractivity contribution in [3.63, 3.8) is 0 Å². The van der Waals surface area contributed by atoms with Gasteiger partial charge in [0, 0.05) is 16.7 Å². The SMILES string of the molecule is O=C(CNC(=O)c1cc(-c2ccccc2)on1)NC(c1ccc(Cl)cc1)c1ccsc1. The second-order valence-corrected chi connectivity index (χ2v) is 7.95. The summed E-state index contributed by atoms with van der Waals surface area (Å²) < 4.78 is 5.24. The third kappa shape index (κ3) is 5.20. The van der Waals surface area contributed by atoms with Crippen LogP contribution in [0.2, 0.25) is 5.02 Å². The molecule has 0 fully saturated rings. The van der Waals surface area contributed by atoms with Crippen LogP contribution < -0.4 is 10.6 Å². The normalized spacial score (nSPS) is 11.6. The highest BCUT2D eigenvalue weighted by atomic mass is 35.5. The van der Waals surface area contributed by atoms with Gasteiger partial charge in [-0.3, -0.25) is 9.59 Å². The quantitative estimate of drug-likeness (QED) is 0.427. The van der Waals surface area contributed by atoms with Crippen molar-refractivity contribution in [2.24, 2.45) is 0 Å². The van der Waals surface area contributed by atoms with Crippen molar-refractivity contribution in [3.05, 3.63) is 99.3 Å². The Morgan fingerprint density at radius 1 is 1.03 bits per heavy atom. The molecule has 2 heterocycles. The lowest BCUT2D eigenvalue weighted by Gasteiger charge is -2.19. The fraction of sp³-hybridized carbons (Fsp3) is 0.0870. The molecule has 2 aromatic heterocycles. The van der Waals surface area contributed by atoms with E-state index in [2.05, 4.69) is 15.8 Å². The number of nitrogens with zero attached hydrogens (tertiary/aromatic N) is 1. The van der Waals surface area contributed by atoms with Gasteiger partial charge in [-0.05, 0) is 40.1 Å². The van der Waals surface area contributed by atoms with E-state index in [4.69, 9.17) is 16.1 Å². The molecule has 0 aliphatic rings. The van der Waals surface area contributed by atoms with Crippen molar-refractivity contribution in [1.29, 1.82) is 0 Å². The van der Waals surface area contributed by atoms with E-state index in [0.29, 0.717) is 10.8 Å². The van der Waals surface area contributed by atoms with Crippen LogP contribution in [0.3, 0.4) is 0 Å². The van der Waals surface area contributed by atoms with Crippen LogP contribution in [0.25, 0.3) is 11.3 Å². The van der Waals surface area contributed by atoms with E-state index >= 15 is 0 Å². The van der Waals surface area contributed by atoms with Crippen molar-refractivity contribution in [2.75, 3.05) is 6.54 Å². The molecule has 0 aliphatic heterocycles. The number of aromatic nitrogens is 1. The minimum absolute atomic E-state index is 0.110. The highest BCUT2D eigenvalue weighted by Crippen LogP contribution is 2.25. The maximum Gasteiger partial charge on any atom is 0.273 e. The van der Waals surface area contributed by atoms with Crippen LogP contribution in [0.4, 0.5) is 0 Å². The van der Waals surface area contributed by atoms with Crippen molar-refractivity contribution in [2.45, 2.75) is 6.04 Å². The summed E-state index contributed by atoms with van der Waals surface area (Å²) in [5.74, 6) is -0.332. The Hall–Kier alpha value is -3.42.